The molecule has 1 saturated carbocycles. The molecule has 0 amide bonds. The van der Waals surface area contributed by atoms with E-state index in [1.54, 1.807) is 0 Å². The Morgan fingerprint density at radius 1 is 1.45 bits per heavy atom. The van der Waals surface area contributed by atoms with Crippen LogP contribution >= 0.6 is 15.9 Å². The van der Waals surface area contributed by atoms with Crippen LogP contribution in [0.15, 0.2) is 16.6 Å². The summed E-state index contributed by atoms with van der Waals surface area (Å²) in [4.78, 5) is 13.1. The van der Waals surface area contributed by atoms with E-state index in [0.29, 0.717) is 12.6 Å². The molecular weight excluding hydrogens is 322 g/mol. The van der Waals surface area contributed by atoms with Crippen molar-refractivity contribution in [1.82, 2.24) is 4.90 Å². The van der Waals surface area contributed by atoms with Crippen molar-refractivity contribution < 1.29 is 14.6 Å². The molecule has 1 aliphatic carbocycles. The van der Waals surface area contributed by atoms with E-state index in [1.807, 2.05) is 0 Å². The standard InChI is InChI=1S/C15H18BrNO3/c16-12-7-10-4-6-20-15(10)11(8-12)9-17(13-1-2-13)5-3-14(18)19/h7-8,13H,1-6,9H2,(H,18,19). The lowest BCUT2D eigenvalue weighted by atomic mass is 10.1. The van der Waals surface area contributed by atoms with Crippen molar-refractivity contribution in [1.29, 1.82) is 0 Å². The Morgan fingerprint density at radius 2 is 2.25 bits per heavy atom. The normalized spacial score (nSPS) is 17.1. The number of hydrogen-bond donors (Lipinski definition) is 1. The first kappa shape index (κ1) is 13.9. The van der Waals surface area contributed by atoms with E-state index in [-0.39, 0.29) is 6.42 Å². The van der Waals surface area contributed by atoms with Crippen LogP contribution in [0.25, 0.3) is 0 Å². The molecule has 2 aliphatic rings. The number of rotatable bonds is 6. The van der Waals surface area contributed by atoms with Gasteiger partial charge in [0.1, 0.15) is 5.75 Å². The number of halogens is 1. The van der Waals surface area contributed by atoms with Crippen molar-refractivity contribution in [2.75, 3.05) is 13.2 Å². The number of carboxylic acids is 1. The first-order chi connectivity index (χ1) is 9.63. The van der Waals surface area contributed by atoms with E-state index in [4.69, 9.17) is 9.84 Å². The number of fused-ring (bicyclic) bond motifs is 1. The summed E-state index contributed by atoms with van der Waals surface area (Å²) in [6.45, 7) is 2.14. The van der Waals surface area contributed by atoms with Crippen molar-refractivity contribution in [3.63, 3.8) is 0 Å². The Hall–Kier alpha value is -1.07. The zero-order valence-corrected chi connectivity index (χ0v) is 12.9. The average Bonchev–Trinajstić information content (AvgIpc) is 3.12. The monoisotopic (exact) mass is 339 g/mol. The van der Waals surface area contributed by atoms with Crippen molar-refractivity contribution in [3.8, 4) is 5.75 Å². The van der Waals surface area contributed by atoms with Gasteiger partial charge in [0.15, 0.2) is 0 Å². The second kappa shape index (κ2) is 5.74. The molecule has 1 aromatic rings. The van der Waals surface area contributed by atoms with Crippen LogP contribution in [0.2, 0.25) is 0 Å². The van der Waals surface area contributed by atoms with E-state index >= 15 is 0 Å². The molecule has 1 aliphatic heterocycles. The van der Waals surface area contributed by atoms with Crippen molar-refractivity contribution in [2.45, 2.75) is 38.3 Å². The molecule has 0 saturated heterocycles. The molecule has 4 nitrogen and oxygen atoms in total. The van der Waals surface area contributed by atoms with Gasteiger partial charge >= 0.3 is 5.97 Å². The van der Waals surface area contributed by atoms with E-state index < -0.39 is 5.97 Å². The van der Waals surface area contributed by atoms with Crippen molar-refractivity contribution >= 4 is 21.9 Å². The molecule has 0 unspecified atom stereocenters. The highest BCUT2D eigenvalue weighted by Crippen LogP contribution is 2.36. The fraction of sp³-hybridized carbons (Fsp3) is 0.533. The second-order valence-corrected chi connectivity index (χ2v) is 6.41. The summed E-state index contributed by atoms with van der Waals surface area (Å²) >= 11 is 3.55. The van der Waals surface area contributed by atoms with E-state index in [0.717, 1.165) is 29.8 Å². The number of carboxylic acid groups (broad SMARTS) is 1. The van der Waals surface area contributed by atoms with Gasteiger partial charge in [-0.25, -0.2) is 0 Å². The molecule has 20 heavy (non-hydrogen) atoms. The molecular formula is C15H18BrNO3. The molecule has 5 heteroatoms. The largest absolute Gasteiger partial charge is 0.493 e. The van der Waals surface area contributed by atoms with Gasteiger partial charge in [-0.1, -0.05) is 15.9 Å². The Kier molecular flexibility index (Phi) is 3.98. The number of aliphatic carboxylic acids is 1. The van der Waals surface area contributed by atoms with Gasteiger partial charge < -0.3 is 9.84 Å². The number of ether oxygens (including phenoxy) is 1. The van der Waals surface area contributed by atoms with Crippen LogP contribution in [0.5, 0.6) is 5.75 Å². The molecule has 0 spiro atoms. The Morgan fingerprint density at radius 3 is 2.95 bits per heavy atom. The zero-order valence-electron chi connectivity index (χ0n) is 11.3. The first-order valence-electron chi connectivity index (χ1n) is 7.03. The lowest BCUT2D eigenvalue weighted by Gasteiger charge is -2.22. The first-order valence-corrected chi connectivity index (χ1v) is 7.83. The molecule has 0 radical (unpaired) electrons. The van der Waals surface area contributed by atoms with E-state index in [1.165, 1.54) is 24.0 Å². The number of carbonyl (C=O) groups is 1. The van der Waals surface area contributed by atoms with Gasteiger partial charge in [0.25, 0.3) is 0 Å². The summed E-state index contributed by atoms with van der Waals surface area (Å²) in [5.74, 6) is 0.278. The summed E-state index contributed by atoms with van der Waals surface area (Å²) in [6.07, 6.45) is 3.52. The van der Waals surface area contributed by atoms with E-state index in [9.17, 15) is 4.79 Å². The summed E-state index contributed by atoms with van der Waals surface area (Å²) in [5.41, 5.74) is 2.42. The third-order valence-corrected chi connectivity index (χ3v) is 4.33. The van der Waals surface area contributed by atoms with Gasteiger partial charge in [0, 0.05) is 35.6 Å². The molecule has 0 atom stereocenters. The third kappa shape index (κ3) is 3.15. The average molecular weight is 340 g/mol. The third-order valence-electron chi connectivity index (χ3n) is 3.87. The zero-order chi connectivity index (χ0) is 14.1. The fourth-order valence-electron chi connectivity index (χ4n) is 2.75. The fourth-order valence-corrected chi connectivity index (χ4v) is 3.30. The van der Waals surface area contributed by atoms with Crippen LogP contribution in [-0.4, -0.2) is 35.2 Å². The predicted molar refractivity (Wildman–Crippen MR) is 79.0 cm³/mol. The molecule has 1 aromatic carbocycles. The van der Waals surface area contributed by atoms with Crippen LogP contribution in [0, 0.1) is 0 Å². The smallest absolute Gasteiger partial charge is 0.304 e. The number of hydrogen-bond acceptors (Lipinski definition) is 3. The maximum atomic E-state index is 10.8. The molecule has 3 rings (SSSR count). The van der Waals surface area contributed by atoms with Crippen LogP contribution in [-0.2, 0) is 17.8 Å². The van der Waals surface area contributed by atoms with Gasteiger partial charge in [0.2, 0.25) is 0 Å². The second-order valence-electron chi connectivity index (χ2n) is 5.50. The lowest BCUT2D eigenvalue weighted by molar-refractivity contribution is -0.137. The summed E-state index contributed by atoms with van der Waals surface area (Å²) in [5, 5.41) is 8.87. The van der Waals surface area contributed by atoms with Crippen LogP contribution in [0.4, 0.5) is 0 Å². The van der Waals surface area contributed by atoms with Gasteiger partial charge in [-0.05, 0) is 30.5 Å². The van der Waals surface area contributed by atoms with Crippen molar-refractivity contribution in [3.05, 3.63) is 27.7 Å². The maximum absolute atomic E-state index is 10.8. The van der Waals surface area contributed by atoms with Gasteiger partial charge in [0.05, 0.1) is 13.0 Å². The number of benzene rings is 1. The SMILES string of the molecule is O=C(O)CCN(Cc1cc(Br)cc2c1OCC2)C1CC1. The molecule has 108 valence electrons. The summed E-state index contributed by atoms with van der Waals surface area (Å²) in [7, 11) is 0. The highest BCUT2D eigenvalue weighted by Gasteiger charge is 2.30. The minimum absolute atomic E-state index is 0.202. The van der Waals surface area contributed by atoms with Gasteiger partial charge in [-0.2, -0.15) is 0 Å². The Labute approximate surface area is 126 Å². The van der Waals surface area contributed by atoms with Crippen LogP contribution in [0.1, 0.15) is 30.4 Å². The number of nitrogens with zero attached hydrogens (tertiary/aromatic N) is 1. The Balaban J connectivity index is 1.76. The summed E-state index contributed by atoms with van der Waals surface area (Å²) < 4.78 is 6.82. The topological polar surface area (TPSA) is 49.8 Å². The van der Waals surface area contributed by atoms with Crippen molar-refractivity contribution in [2.24, 2.45) is 0 Å². The molecule has 1 heterocycles. The van der Waals surface area contributed by atoms with Gasteiger partial charge in [-0.15, -0.1) is 0 Å². The van der Waals surface area contributed by atoms with E-state index in [2.05, 4.69) is 33.0 Å². The molecule has 1 N–H and O–H groups in total. The van der Waals surface area contributed by atoms with Gasteiger partial charge in [-0.3, -0.25) is 9.69 Å². The quantitative estimate of drug-likeness (QED) is 0.865. The summed E-state index contributed by atoms with van der Waals surface area (Å²) in [6, 6.07) is 4.76. The predicted octanol–water partition coefficient (Wildman–Crippen LogP) is 2.82. The van der Waals surface area contributed by atoms with Crippen LogP contribution < -0.4 is 4.74 Å². The molecule has 0 aromatic heterocycles. The maximum Gasteiger partial charge on any atom is 0.304 e. The molecule has 0 bridgehead atoms. The molecule has 1 fully saturated rings. The highest BCUT2D eigenvalue weighted by atomic mass is 79.9. The minimum Gasteiger partial charge on any atom is -0.493 e. The van der Waals surface area contributed by atoms with Crippen LogP contribution in [0.3, 0.4) is 0 Å². The highest BCUT2D eigenvalue weighted by molar-refractivity contribution is 9.10. The minimum atomic E-state index is -0.730. The lowest BCUT2D eigenvalue weighted by Crippen LogP contribution is -2.28. The Bertz CT molecular complexity index is 528.